The molecule has 1 fully saturated rings. The Balaban J connectivity index is 1.85. The third kappa shape index (κ3) is 4.83. The predicted octanol–water partition coefficient (Wildman–Crippen LogP) is 3.48. The molecule has 0 radical (unpaired) electrons. The number of hydrogen-bond acceptors (Lipinski definition) is 4. The number of primary amides is 1. The zero-order valence-corrected chi connectivity index (χ0v) is 16.8. The largest absolute Gasteiger partial charge is 0.370 e. The lowest BCUT2D eigenvalue weighted by atomic mass is 10.1. The first kappa shape index (κ1) is 20.2. The van der Waals surface area contributed by atoms with Gasteiger partial charge in [-0.2, -0.15) is 5.26 Å². The number of benzene rings is 2. The van der Waals surface area contributed by atoms with E-state index in [1.54, 1.807) is 6.07 Å². The minimum absolute atomic E-state index is 0.265. The Hall–Kier alpha value is -2.55. The summed E-state index contributed by atoms with van der Waals surface area (Å²) in [5.74, 6) is -0.265. The van der Waals surface area contributed by atoms with Gasteiger partial charge in [-0.3, -0.25) is 4.79 Å². The van der Waals surface area contributed by atoms with Gasteiger partial charge in [0.15, 0.2) is 0 Å². The van der Waals surface area contributed by atoms with Crippen molar-refractivity contribution < 1.29 is 4.79 Å². The summed E-state index contributed by atoms with van der Waals surface area (Å²) >= 11 is 6.32. The van der Waals surface area contributed by atoms with E-state index < -0.39 is 0 Å². The summed E-state index contributed by atoms with van der Waals surface area (Å²) in [4.78, 5) is 15.8. The summed E-state index contributed by atoms with van der Waals surface area (Å²) in [6.45, 7) is 5.39. The monoisotopic (exact) mass is 396 g/mol. The summed E-state index contributed by atoms with van der Waals surface area (Å²) in [5.41, 5.74) is 9.30. The van der Waals surface area contributed by atoms with Crippen LogP contribution in [0.25, 0.3) is 0 Å². The molecule has 1 unspecified atom stereocenters. The fourth-order valence-corrected chi connectivity index (χ4v) is 3.93. The van der Waals surface area contributed by atoms with E-state index in [9.17, 15) is 10.1 Å². The lowest BCUT2D eigenvalue weighted by Gasteiger charge is -2.32. The molecular formula is C22H25ClN4O. The first-order valence-corrected chi connectivity index (χ1v) is 9.87. The van der Waals surface area contributed by atoms with Crippen LogP contribution in [0.15, 0.2) is 42.5 Å². The molecule has 2 aromatic carbocycles. The van der Waals surface area contributed by atoms with E-state index in [0.29, 0.717) is 29.6 Å². The van der Waals surface area contributed by atoms with E-state index in [-0.39, 0.29) is 5.91 Å². The highest BCUT2D eigenvalue weighted by Gasteiger charge is 2.28. The number of nitrogens with zero attached hydrogens (tertiary/aromatic N) is 3. The maximum atomic E-state index is 11.1. The highest BCUT2D eigenvalue weighted by molar-refractivity contribution is 6.32. The molecule has 1 saturated heterocycles. The van der Waals surface area contributed by atoms with Crippen LogP contribution in [0.4, 0.5) is 5.69 Å². The molecule has 0 aromatic heterocycles. The molecule has 5 nitrogen and oxygen atoms in total. The molecule has 0 bridgehead atoms. The zero-order chi connectivity index (χ0) is 20.1. The first-order valence-electron chi connectivity index (χ1n) is 9.49. The second-order valence-corrected chi connectivity index (χ2v) is 7.70. The molecule has 1 aliphatic rings. The van der Waals surface area contributed by atoms with Crippen molar-refractivity contribution in [3.05, 3.63) is 64.2 Å². The van der Waals surface area contributed by atoms with Crippen LogP contribution < -0.4 is 10.6 Å². The molecule has 2 N–H and O–H groups in total. The van der Waals surface area contributed by atoms with Crippen molar-refractivity contribution in [2.24, 2.45) is 5.73 Å². The number of amides is 1. The van der Waals surface area contributed by atoms with Crippen molar-refractivity contribution >= 4 is 23.2 Å². The van der Waals surface area contributed by atoms with Crippen LogP contribution in [0.3, 0.4) is 0 Å². The molecule has 28 heavy (non-hydrogen) atoms. The highest BCUT2D eigenvalue weighted by atomic mass is 35.5. The fraction of sp³-hybridized carbons (Fsp3) is 0.364. The third-order valence-corrected chi connectivity index (χ3v) is 5.68. The van der Waals surface area contributed by atoms with Crippen LogP contribution in [0.5, 0.6) is 0 Å². The number of hydrogen-bond donors (Lipinski definition) is 1. The van der Waals surface area contributed by atoms with Gasteiger partial charge in [0.2, 0.25) is 5.91 Å². The zero-order valence-electron chi connectivity index (χ0n) is 16.1. The van der Waals surface area contributed by atoms with Gasteiger partial charge in [-0.25, -0.2) is 0 Å². The third-order valence-electron chi connectivity index (χ3n) is 5.37. The van der Waals surface area contributed by atoms with Crippen LogP contribution in [0.2, 0.25) is 5.02 Å². The topological polar surface area (TPSA) is 73.4 Å². The van der Waals surface area contributed by atoms with Crippen LogP contribution in [0.1, 0.15) is 29.5 Å². The summed E-state index contributed by atoms with van der Waals surface area (Å²) < 4.78 is 0. The normalized spacial score (nSPS) is 16.7. The molecular weight excluding hydrogens is 372 g/mol. The molecule has 0 spiro atoms. The smallest absolute Gasteiger partial charge is 0.218 e. The van der Waals surface area contributed by atoms with E-state index in [2.05, 4.69) is 41.0 Å². The molecule has 3 rings (SSSR count). The van der Waals surface area contributed by atoms with Crippen LogP contribution >= 0.6 is 11.6 Å². The number of nitriles is 1. The minimum Gasteiger partial charge on any atom is -0.370 e. The fourth-order valence-electron chi connectivity index (χ4n) is 3.71. The number of aryl methyl sites for hydroxylation is 1. The average molecular weight is 397 g/mol. The Morgan fingerprint density at radius 3 is 2.82 bits per heavy atom. The molecule has 0 aliphatic carbocycles. The Kier molecular flexibility index (Phi) is 6.56. The maximum Gasteiger partial charge on any atom is 0.218 e. The lowest BCUT2D eigenvalue weighted by Crippen LogP contribution is -2.38. The number of halogens is 1. The summed E-state index contributed by atoms with van der Waals surface area (Å²) in [6, 6.07) is 16.4. The van der Waals surface area contributed by atoms with E-state index in [4.69, 9.17) is 17.3 Å². The van der Waals surface area contributed by atoms with Gasteiger partial charge in [0, 0.05) is 44.3 Å². The minimum atomic E-state index is -0.265. The second kappa shape index (κ2) is 9.09. The number of nitrogens with two attached hydrogens (primary N) is 1. The number of carbonyl (C=O) groups excluding carboxylic acids is 1. The van der Waals surface area contributed by atoms with Gasteiger partial charge in [-0.05, 0) is 42.7 Å². The quantitative estimate of drug-likeness (QED) is 0.777. The Morgan fingerprint density at radius 2 is 2.14 bits per heavy atom. The number of likely N-dealkylation sites (tertiary alicyclic amines) is 1. The predicted molar refractivity (Wildman–Crippen MR) is 112 cm³/mol. The number of anilines is 1. The molecule has 1 atom stereocenters. The highest BCUT2D eigenvalue weighted by Crippen LogP contribution is 2.29. The van der Waals surface area contributed by atoms with E-state index in [0.717, 1.165) is 31.7 Å². The Bertz CT molecular complexity index is 892. The summed E-state index contributed by atoms with van der Waals surface area (Å²) in [6.07, 6.45) is 1.38. The molecule has 0 saturated carbocycles. The Labute approximate surface area is 171 Å². The van der Waals surface area contributed by atoms with Crippen LogP contribution in [-0.2, 0) is 11.3 Å². The standard InChI is InChI=1S/C22H25ClN4O/c1-16-4-2-3-5-18(16)14-27(19-7-6-17(13-24)21(23)12-19)20-8-10-26(15-20)11-9-22(25)28/h2-7,12,20H,8-11,14-15H2,1H3,(H2,25,28). The van der Waals surface area contributed by atoms with Gasteiger partial charge in [0.1, 0.15) is 6.07 Å². The van der Waals surface area contributed by atoms with Gasteiger partial charge < -0.3 is 15.5 Å². The van der Waals surface area contributed by atoms with Crippen molar-refractivity contribution in [1.29, 1.82) is 5.26 Å². The SMILES string of the molecule is Cc1ccccc1CN(c1ccc(C#N)c(Cl)c1)C1CCN(CCC(N)=O)C1. The van der Waals surface area contributed by atoms with Crippen molar-refractivity contribution in [2.45, 2.75) is 32.4 Å². The van der Waals surface area contributed by atoms with Gasteiger partial charge in [0.05, 0.1) is 10.6 Å². The van der Waals surface area contributed by atoms with E-state index >= 15 is 0 Å². The van der Waals surface area contributed by atoms with Gasteiger partial charge in [-0.15, -0.1) is 0 Å². The van der Waals surface area contributed by atoms with Gasteiger partial charge in [0.25, 0.3) is 0 Å². The average Bonchev–Trinajstić information content (AvgIpc) is 3.14. The lowest BCUT2D eigenvalue weighted by molar-refractivity contribution is -0.118. The summed E-state index contributed by atoms with van der Waals surface area (Å²) in [5, 5.41) is 9.65. The first-order chi connectivity index (χ1) is 13.5. The maximum absolute atomic E-state index is 11.1. The van der Waals surface area contributed by atoms with Gasteiger partial charge in [-0.1, -0.05) is 35.9 Å². The summed E-state index contributed by atoms with van der Waals surface area (Å²) in [7, 11) is 0. The van der Waals surface area contributed by atoms with Crippen LogP contribution in [-0.4, -0.2) is 36.5 Å². The van der Waals surface area contributed by atoms with E-state index in [1.807, 2.05) is 18.2 Å². The molecule has 6 heteroatoms. The van der Waals surface area contributed by atoms with Gasteiger partial charge >= 0.3 is 0 Å². The molecule has 2 aromatic rings. The molecule has 1 amide bonds. The Morgan fingerprint density at radius 1 is 1.36 bits per heavy atom. The van der Waals surface area contributed by atoms with Crippen molar-refractivity contribution in [1.82, 2.24) is 4.90 Å². The second-order valence-electron chi connectivity index (χ2n) is 7.29. The van der Waals surface area contributed by atoms with Crippen LogP contribution in [0, 0.1) is 18.3 Å². The number of carbonyl (C=O) groups is 1. The molecule has 146 valence electrons. The van der Waals surface area contributed by atoms with E-state index in [1.165, 1.54) is 11.1 Å². The molecule has 1 heterocycles. The van der Waals surface area contributed by atoms with Crippen molar-refractivity contribution in [3.8, 4) is 6.07 Å². The number of rotatable bonds is 7. The van der Waals surface area contributed by atoms with Crippen molar-refractivity contribution in [2.75, 3.05) is 24.5 Å². The molecule has 1 aliphatic heterocycles. The van der Waals surface area contributed by atoms with Crippen molar-refractivity contribution in [3.63, 3.8) is 0 Å².